The molecule has 0 aliphatic heterocycles. The van der Waals surface area contributed by atoms with Gasteiger partial charge in [-0.25, -0.2) is 4.89 Å². The van der Waals surface area contributed by atoms with E-state index in [1.807, 2.05) is 6.92 Å². The molecule has 74 valence electrons. The number of carbonyl (C=O) groups is 1. The lowest BCUT2D eigenvalue weighted by Crippen LogP contribution is -2.15. The van der Waals surface area contributed by atoms with Gasteiger partial charge in [0.05, 0.1) is 5.60 Å². The van der Waals surface area contributed by atoms with Crippen molar-refractivity contribution in [1.82, 2.24) is 0 Å². The van der Waals surface area contributed by atoms with Crippen LogP contribution < -0.4 is 0 Å². The van der Waals surface area contributed by atoms with Crippen molar-refractivity contribution >= 4 is 5.97 Å². The summed E-state index contributed by atoms with van der Waals surface area (Å²) in [4.78, 5) is 13.5. The summed E-state index contributed by atoms with van der Waals surface area (Å²) in [6.45, 7) is 7.15. The Labute approximate surface area is 73.1 Å². The largest absolute Gasteiger partial charge is 0.481 e. The van der Waals surface area contributed by atoms with Crippen molar-refractivity contribution in [1.29, 1.82) is 0 Å². The van der Waals surface area contributed by atoms with Gasteiger partial charge in [0, 0.05) is 6.42 Å². The van der Waals surface area contributed by atoms with Crippen LogP contribution in [0.3, 0.4) is 0 Å². The summed E-state index contributed by atoms with van der Waals surface area (Å²) in [5, 5.41) is 15.8. The van der Waals surface area contributed by atoms with Gasteiger partial charge in [0.1, 0.15) is 0 Å². The van der Waals surface area contributed by atoms with E-state index < -0.39 is 11.6 Å². The molecule has 0 aliphatic carbocycles. The summed E-state index contributed by atoms with van der Waals surface area (Å²) in [5.74, 6) is -0.711. The molecule has 0 aromatic heterocycles. The Morgan fingerprint density at radius 1 is 1.42 bits per heavy atom. The molecule has 0 fully saturated rings. The molecule has 0 rings (SSSR count). The molecule has 12 heavy (non-hydrogen) atoms. The molecule has 0 radical (unpaired) electrons. The molecule has 0 unspecified atom stereocenters. The highest BCUT2D eigenvalue weighted by molar-refractivity contribution is 5.66. The fourth-order valence-corrected chi connectivity index (χ4v) is 0.214. The first-order valence-electron chi connectivity index (χ1n) is 3.88. The van der Waals surface area contributed by atoms with Crippen molar-refractivity contribution in [3.05, 3.63) is 0 Å². The molecule has 0 spiro atoms. The molecule has 2 N–H and O–H groups in total. The minimum Gasteiger partial charge on any atom is -0.481 e. The fraction of sp³-hybridized carbons (Fsp3) is 0.875. The van der Waals surface area contributed by atoms with Gasteiger partial charge in [-0.2, -0.15) is 0 Å². The van der Waals surface area contributed by atoms with Crippen LogP contribution in [0.25, 0.3) is 0 Å². The average molecular weight is 178 g/mol. The number of rotatable bonds is 2. The molecular weight excluding hydrogens is 160 g/mol. The number of carboxylic acid groups (broad SMARTS) is 1. The molecule has 4 heteroatoms. The lowest BCUT2D eigenvalue weighted by Gasteiger charge is -2.10. The predicted molar refractivity (Wildman–Crippen MR) is 46.0 cm³/mol. The second-order valence-corrected chi connectivity index (χ2v) is 3.35. The van der Waals surface area contributed by atoms with Crippen LogP contribution >= 0.6 is 0 Å². The van der Waals surface area contributed by atoms with Crippen LogP contribution in [0, 0.1) is 0 Å². The normalized spacial score (nSPS) is 10.1. The molecule has 0 heterocycles. The zero-order chi connectivity index (χ0) is 10.2. The highest BCUT2D eigenvalue weighted by Gasteiger charge is 2.06. The standard InChI is InChI=1S/C4H10O2.C4H8O2/c1-4(2,3)6-5;1-2-3-4(5)6/h5H,1-3H3;2-3H2,1H3,(H,5,6). The molecule has 0 bridgehead atoms. The molecule has 0 saturated heterocycles. The summed E-state index contributed by atoms with van der Waals surface area (Å²) in [7, 11) is 0. The van der Waals surface area contributed by atoms with Gasteiger partial charge in [-0.05, 0) is 27.2 Å². The van der Waals surface area contributed by atoms with E-state index in [0.29, 0.717) is 6.42 Å². The number of carboxylic acids is 1. The SMILES string of the molecule is CC(C)(C)OO.CCCC(=O)O. The minimum atomic E-state index is -0.711. The molecule has 0 atom stereocenters. The molecule has 0 aromatic rings. The van der Waals surface area contributed by atoms with Crippen molar-refractivity contribution in [2.45, 2.75) is 46.1 Å². The second kappa shape index (κ2) is 7.06. The summed E-state index contributed by atoms with van der Waals surface area (Å²) >= 11 is 0. The van der Waals surface area contributed by atoms with Crippen molar-refractivity contribution in [3.8, 4) is 0 Å². The Balaban J connectivity index is 0. The monoisotopic (exact) mass is 178 g/mol. The topological polar surface area (TPSA) is 66.8 Å². The van der Waals surface area contributed by atoms with Crippen LogP contribution in [0.15, 0.2) is 0 Å². The zero-order valence-corrected chi connectivity index (χ0v) is 8.13. The fourth-order valence-electron chi connectivity index (χ4n) is 0.214. The first kappa shape index (κ1) is 13.9. The van der Waals surface area contributed by atoms with Gasteiger partial charge in [0.25, 0.3) is 0 Å². The summed E-state index contributed by atoms with van der Waals surface area (Å²) < 4.78 is 0. The van der Waals surface area contributed by atoms with E-state index in [-0.39, 0.29) is 0 Å². The Morgan fingerprint density at radius 2 is 1.75 bits per heavy atom. The summed E-state index contributed by atoms with van der Waals surface area (Å²) in [5.41, 5.74) is -0.403. The Hall–Kier alpha value is -0.610. The number of hydrogen-bond donors (Lipinski definition) is 2. The molecule has 4 nitrogen and oxygen atoms in total. The van der Waals surface area contributed by atoms with E-state index >= 15 is 0 Å². The van der Waals surface area contributed by atoms with Crippen LogP contribution in [0.5, 0.6) is 0 Å². The van der Waals surface area contributed by atoms with E-state index in [4.69, 9.17) is 10.4 Å². The summed E-state index contributed by atoms with van der Waals surface area (Å²) in [6, 6.07) is 0. The van der Waals surface area contributed by atoms with Gasteiger partial charge in [0.15, 0.2) is 0 Å². The van der Waals surface area contributed by atoms with Crippen LogP contribution in [0.2, 0.25) is 0 Å². The molecule has 0 aromatic carbocycles. The maximum Gasteiger partial charge on any atom is 0.303 e. The average Bonchev–Trinajstić information content (AvgIpc) is 1.87. The third-order valence-corrected chi connectivity index (χ3v) is 0.738. The number of aliphatic carboxylic acids is 1. The van der Waals surface area contributed by atoms with Crippen LogP contribution in [0.1, 0.15) is 40.5 Å². The van der Waals surface area contributed by atoms with Gasteiger partial charge < -0.3 is 5.11 Å². The van der Waals surface area contributed by atoms with Gasteiger partial charge >= 0.3 is 5.97 Å². The molecule has 0 amide bonds. The van der Waals surface area contributed by atoms with Gasteiger partial charge in [-0.15, -0.1) is 0 Å². The highest BCUT2D eigenvalue weighted by Crippen LogP contribution is 2.01. The first-order chi connectivity index (χ1) is 5.33. The van der Waals surface area contributed by atoms with E-state index in [1.165, 1.54) is 0 Å². The van der Waals surface area contributed by atoms with Gasteiger partial charge in [0.2, 0.25) is 0 Å². The van der Waals surface area contributed by atoms with Crippen LogP contribution in [0.4, 0.5) is 0 Å². The highest BCUT2D eigenvalue weighted by atomic mass is 17.1. The predicted octanol–water partition coefficient (Wildman–Crippen LogP) is 2.15. The Morgan fingerprint density at radius 3 is 1.75 bits per heavy atom. The van der Waals surface area contributed by atoms with Crippen molar-refractivity contribution in [2.24, 2.45) is 0 Å². The van der Waals surface area contributed by atoms with E-state index in [0.717, 1.165) is 6.42 Å². The second-order valence-electron chi connectivity index (χ2n) is 3.35. The third kappa shape index (κ3) is 22.8. The summed E-state index contributed by atoms with van der Waals surface area (Å²) in [6.07, 6.45) is 1.02. The maximum absolute atomic E-state index is 9.60. The molecular formula is C8H18O4. The van der Waals surface area contributed by atoms with E-state index in [9.17, 15) is 4.79 Å². The van der Waals surface area contributed by atoms with Crippen molar-refractivity contribution in [3.63, 3.8) is 0 Å². The lowest BCUT2D eigenvalue weighted by molar-refractivity contribution is -0.306. The quantitative estimate of drug-likeness (QED) is 0.502. The third-order valence-electron chi connectivity index (χ3n) is 0.738. The zero-order valence-electron chi connectivity index (χ0n) is 8.13. The van der Waals surface area contributed by atoms with Crippen molar-refractivity contribution < 1.29 is 20.0 Å². The van der Waals surface area contributed by atoms with Crippen LogP contribution in [-0.4, -0.2) is 21.9 Å². The molecule has 0 aliphatic rings. The van der Waals surface area contributed by atoms with Gasteiger partial charge in [-0.3, -0.25) is 10.1 Å². The molecule has 0 saturated carbocycles. The van der Waals surface area contributed by atoms with E-state index in [2.05, 4.69) is 4.89 Å². The van der Waals surface area contributed by atoms with E-state index in [1.54, 1.807) is 20.8 Å². The minimum absolute atomic E-state index is 0.292. The van der Waals surface area contributed by atoms with Gasteiger partial charge in [-0.1, -0.05) is 6.92 Å². The maximum atomic E-state index is 9.60. The Kier molecular flexibility index (Phi) is 8.21. The van der Waals surface area contributed by atoms with Crippen LogP contribution in [-0.2, 0) is 9.68 Å². The Bertz CT molecular complexity index is 115. The first-order valence-corrected chi connectivity index (χ1v) is 3.88. The van der Waals surface area contributed by atoms with Crippen molar-refractivity contribution in [2.75, 3.05) is 0 Å². The lowest BCUT2D eigenvalue weighted by atomic mass is 10.2. The smallest absolute Gasteiger partial charge is 0.303 e. The number of hydrogen-bond acceptors (Lipinski definition) is 3.